The number of carbonyl (C=O) groups is 1. The lowest BCUT2D eigenvalue weighted by molar-refractivity contribution is -0.145. The van der Waals surface area contributed by atoms with Crippen molar-refractivity contribution in [1.82, 2.24) is 0 Å². The lowest BCUT2D eigenvalue weighted by atomic mass is 9.79. The average Bonchev–Trinajstić information content (AvgIpc) is 2.12. The van der Waals surface area contributed by atoms with Crippen molar-refractivity contribution in [3.63, 3.8) is 0 Å². The molecule has 0 rings (SSSR count). The molecule has 0 aliphatic heterocycles. The van der Waals surface area contributed by atoms with Crippen LogP contribution in [0.5, 0.6) is 0 Å². The molecule has 0 amide bonds. The van der Waals surface area contributed by atoms with Gasteiger partial charge in [-0.15, -0.1) is 0 Å². The van der Waals surface area contributed by atoms with Crippen molar-refractivity contribution in [2.75, 3.05) is 5.75 Å². The molecule has 2 atom stereocenters. The molecule has 3 nitrogen and oxygen atoms in total. The van der Waals surface area contributed by atoms with Gasteiger partial charge in [0.25, 0.3) is 0 Å². The van der Waals surface area contributed by atoms with Crippen molar-refractivity contribution in [1.29, 1.82) is 0 Å². The second-order valence-electron chi connectivity index (χ2n) is 7.07. The second kappa shape index (κ2) is 10.5. The fourth-order valence-electron chi connectivity index (χ4n) is 1.54. The molecule has 0 aliphatic carbocycles. The Morgan fingerprint density at radius 3 is 1.65 bits per heavy atom. The maximum Gasteiger partial charge on any atom is 0.307 e. The molecule has 0 spiro atoms. The zero-order valence-electron chi connectivity index (χ0n) is 13.9. The predicted molar refractivity (Wildman–Crippen MR) is 93.5 cm³/mol. The summed E-state index contributed by atoms with van der Waals surface area (Å²) >= 11 is 1.92. The highest BCUT2D eigenvalue weighted by Gasteiger charge is 2.28. The van der Waals surface area contributed by atoms with Gasteiger partial charge in [0.05, 0.1) is 5.92 Å². The normalized spacial score (nSPS) is 14.4. The van der Waals surface area contributed by atoms with Crippen LogP contribution < -0.4 is 5.73 Å². The van der Waals surface area contributed by atoms with Crippen molar-refractivity contribution in [3.8, 4) is 0 Å². The van der Waals surface area contributed by atoms with Crippen LogP contribution in [-0.2, 0) is 4.79 Å². The Kier molecular flexibility index (Phi) is 13.0. The van der Waals surface area contributed by atoms with Crippen LogP contribution >= 0.6 is 11.8 Å². The monoisotopic (exact) mass is 307 g/mol. The lowest BCUT2D eigenvalue weighted by Crippen LogP contribution is -2.27. The van der Waals surface area contributed by atoms with E-state index in [9.17, 15) is 4.79 Å². The minimum absolute atomic E-state index is 0. The highest BCUT2D eigenvalue weighted by Crippen LogP contribution is 2.28. The van der Waals surface area contributed by atoms with Crippen molar-refractivity contribution >= 4 is 17.7 Å². The quantitative estimate of drug-likeness (QED) is 0.794. The molecule has 0 fully saturated rings. The summed E-state index contributed by atoms with van der Waals surface area (Å²) in [5.41, 5.74) is 5.47. The molecule has 3 N–H and O–H groups in total. The molecule has 0 bridgehead atoms. The largest absolute Gasteiger partial charge is 0.481 e. The standard InChI is InChI=1S/C8H16O2.C7H17NS.CH4/c1-5-6(7(9)10)8(2,3)4;1-6(8)5-9-7(2,3)4;/h6H,5H2,1-4H3,(H,9,10);6H,5,8H2,1-4H3;1H4. The molecule has 4 heteroatoms. The van der Waals surface area contributed by atoms with Crippen LogP contribution in [0.1, 0.15) is 69.2 Å². The third-order valence-electron chi connectivity index (χ3n) is 2.53. The summed E-state index contributed by atoms with van der Waals surface area (Å²) in [4.78, 5) is 10.6. The van der Waals surface area contributed by atoms with Gasteiger partial charge >= 0.3 is 5.97 Å². The number of thioether (sulfide) groups is 1. The van der Waals surface area contributed by atoms with Gasteiger partial charge in [0, 0.05) is 16.5 Å². The minimum Gasteiger partial charge on any atom is -0.481 e. The summed E-state index contributed by atoms with van der Waals surface area (Å²) in [5, 5.41) is 8.71. The smallest absolute Gasteiger partial charge is 0.307 e. The van der Waals surface area contributed by atoms with E-state index in [1.807, 2.05) is 46.4 Å². The SMILES string of the molecule is C.CC(N)CSC(C)(C)C.CCC(C(=O)O)C(C)(C)C. The predicted octanol–water partition coefficient (Wildman–Crippen LogP) is 4.64. The molecule has 0 heterocycles. The number of hydrogen-bond acceptors (Lipinski definition) is 3. The Bertz CT molecular complexity index is 252. The molecule has 0 aromatic carbocycles. The van der Waals surface area contributed by atoms with E-state index in [1.165, 1.54) is 0 Å². The van der Waals surface area contributed by atoms with Gasteiger partial charge in [-0.3, -0.25) is 4.79 Å². The molecule has 0 aromatic rings. The molecule has 124 valence electrons. The molecular weight excluding hydrogens is 270 g/mol. The molecule has 0 saturated heterocycles. The van der Waals surface area contributed by atoms with E-state index < -0.39 is 5.97 Å². The van der Waals surface area contributed by atoms with Crippen LogP contribution in [0.2, 0.25) is 0 Å². The lowest BCUT2D eigenvalue weighted by Gasteiger charge is -2.25. The average molecular weight is 308 g/mol. The van der Waals surface area contributed by atoms with E-state index in [-0.39, 0.29) is 18.8 Å². The van der Waals surface area contributed by atoms with E-state index in [0.29, 0.717) is 17.2 Å². The van der Waals surface area contributed by atoms with Crippen molar-refractivity contribution in [2.24, 2.45) is 17.1 Å². The van der Waals surface area contributed by atoms with E-state index in [0.717, 1.165) is 5.75 Å². The van der Waals surface area contributed by atoms with Gasteiger partial charge in [0.1, 0.15) is 0 Å². The Labute approximate surface area is 131 Å². The van der Waals surface area contributed by atoms with Crippen LogP contribution in [-0.4, -0.2) is 27.6 Å². The van der Waals surface area contributed by atoms with Crippen LogP contribution in [0.25, 0.3) is 0 Å². The highest BCUT2D eigenvalue weighted by atomic mass is 32.2. The van der Waals surface area contributed by atoms with Gasteiger partial charge in [-0.05, 0) is 18.8 Å². The van der Waals surface area contributed by atoms with E-state index in [2.05, 4.69) is 20.8 Å². The molecule has 0 radical (unpaired) electrons. The van der Waals surface area contributed by atoms with Gasteiger partial charge in [-0.2, -0.15) is 11.8 Å². The van der Waals surface area contributed by atoms with Gasteiger partial charge < -0.3 is 10.8 Å². The first-order valence-electron chi connectivity index (χ1n) is 6.93. The summed E-state index contributed by atoms with van der Waals surface area (Å²) in [6.07, 6.45) is 0.707. The van der Waals surface area contributed by atoms with E-state index in [4.69, 9.17) is 10.8 Å². The zero-order valence-corrected chi connectivity index (χ0v) is 14.7. The van der Waals surface area contributed by atoms with Gasteiger partial charge in [0.15, 0.2) is 0 Å². The maximum absolute atomic E-state index is 10.6. The summed E-state index contributed by atoms with van der Waals surface area (Å²) in [6, 6.07) is 0.328. The number of aliphatic carboxylic acids is 1. The number of nitrogens with two attached hydrogens (primary N) is 1. The van der Waals surface area contributed by atoms with Crippen molar-refractivity contribution in [3.05, 3.63) is 0 Å². The summed E-state index contributed by atoms with van der Waals surface area (Å²) in [5.74, 6) is 0.159. The van der Waals surface area contributed by atoms with Crippen LogP contribution in [0.15, 0.2) is 0 Å². The number of rotatable bonds is 4. The van der Waals surface area contributed by atoms with Gasteiger partial charge in [0.2, 0.25) is 0 Å². The highest BCUT2D eigenvalue weighted by molar-refractivity contribution is 8.00. The number of carboxylic acids is 1. The van der Waals surface area contributed by atoms with Crippen molar-refractivity contribution in [2.45, 2.75) is 80.0 Å². The Balaban J connectivity index is -0.000000277. The topological polar surface area (TPSA) is 63.3 Å². The summed E-state index contributed by atoms with van der Waals surface area (Å²) < 4.78 is 0.369. The second-order valence-corrected chi connectivity index (χ2v) is 8.91. The fourth-order valence-corrected chi connectivity index (χ4v) is 2.30. The third-order valence-corrected chi connectivity index (χ3v) is 4.09. The van der Waals surface area contributed by atoms with Crippen molar-refractivity contribution < 1.29 is 9.90 Å². The summed E-state index contributed by atoms with van der Waals surface area (Å²) in [6.45, 7) is 16.4. The van der Waals surface area contributed by atoms with Crippen LogP contribution in [0.4, 0.5) is 0 Å². The molecular formula is C16H37NO2S. The Morgan fingerprint density at radius 2 is 1.60 bits per heavy atom. The Morgan fingerprint density at radius 1 is 1.20 bits per heavy atom. The molecule has 20 heavy (non-hydrogen) atoms. The van der Waals surface area contributed by atoms with E-state index in [1.54, 1.807) is 0 Å². The maximum atomic E-state index is 10.6. The van der Waals surface area contributed by atoms with Crippen LogP contribution in [0, 0.1) is 11.3 Å². The third kappa shape index (κ3) is 15.8. The van der Waals surface area contributed by atoms with E-state index >= 15 is 0 Å². The van der Waals surface area contributed by atoms with Gasteiger partial charge in [-0.25, -0.2) is 0 Å². The first-order valence-corrected chi connectivity index (χ1v) is 7.92. The van der Waals surface area contributed by atoms with Gasteiger partial charge in [-0.1, -0.05) is 55.9 Å². The molecule has 0 saturated carbocycles. The zero-order chi connectivity index (χ0) is 15.9. The molecule has 0 aliphatic rings. The summed E-state index contributed by atoms with van der Waals surface area (Å²) in [7, 11) is 0. The first-order chi connectivity index (χ1) is 8.31. The molecule has 0 aromatic heterocycles. The first kappa shape index (κ1) is 24.8. The Hall–Kier alpha value is -0.220. The van der Waals surface area contributed by atoms with Crippen LogP contribution in [0.3, 0.4) is 0 Å². The number of hydrogen-bond donors (Lipinski definition) is 2. The molecule has 2 unspecified atom stereocenters. The fraction of sp³-hybridized carbons (Fsp3) is 0.938. The number of carboxylic acid groups (broad SMARTS) is 1. The minimum atomic E-state index is -0.685.